The molecule has 1 N–H and O–H groups in total. The lowest BCUT2D eigenvalue weighted by Gasteiger charge is -2.34. The molecule has 3 heterocycles. The molecule has 3 aliphatic heterocycles. The van der Waals surface area contributed by atoms with Gasteiger partial charge in [0, 0.05) is 31.6 Å². The molecule has 28 heavy (non-hydrogen) atoms. The Morgan fingerprint density at radius 3 is 2.82 bits per heavy atom. The summed E-state index contributed by atoms with van der Waals surface area (Å²) in [5.41, 5.74) is 1.28. The minimum Gasteiger partial charge on any atom is -0.486 e. The molecule has 2 fully saturated rings. The summed E-state index contributed by atoms with van der Waals surface area (Å²) >= 11 is 0. The van der Waals surface area contributed by atoms with E-state index in [1.54, 1.807) is 18.2 Å². The Bertz CT molecular complexity index is 815. The number of hydrogen-bond donors (Lipinski definition) is 1. The number of carbonyl (C=O) groups excluding carboxylic acids is 3. The molecule has 2 saturated heterocycles. The molecule has 1 unspecified atom stereocenters. The van der Waals surface area contributed by atoms with Crippen molar-refractivity contribution in [2.75, 3.05) is 19.6 Å². The molecule has 4 rings (SSSR count). The molecule has 1 aromatic carbocycles. The Morgan fingerprint density at radius 1 is 1.25 bits per heavy atom. The number of amides is 3. The Kier molecular flexibility index (Phi) is 5.05. The number of halogens is 1. The normalized spacial score (nSPS) is 28.3. The first kappa shape index (κ1) is 18.9. The fourth-order valence-electron chi connectivity index (χ4n) is 4.15. The molecule has 8 heteroatoms. The van der Waals surface area contributed by atoms with E-state index >= 15 is 0 Å². The first-order valence-corrected chi connectivity index (χ1v) is 9.77. The van der Waals surface area contributed by atoms with Crippen molar-refractivity contribution in [3.05, 3.63) is 29.3 Å². The van der Waals surface area contributed by atoms with Crippen LogP contribution in [0.1, 0.15) is 42.1 Å². The lowest BCUT2D eigenvalue weighted by atomic mass is 10.0. The van der Waals surface area contributed by atoms with Crippen LogP contribution in [-0.4, -0.2) is 65.5 Å². The molecule has 0 radical (unpaired) electrons. The highest BCUT2D eigenvalue weighted by Crippen LogP contribution is 2.31. The highest BCUT2D eigenvalue weighted by molar-refractivity contribution is 6.05. The molecule has 1 aromatic rings. The van der Waals surface area contributed by atoms with Crippen LogP contribution in [0.2, 0.25) is 0 Å². The zero-order valence-electron chi connectivity index (χ0n) is 15.8. The summed E-state index contributed by atoms with van der Waals surface area (Å²) in [5, 5.41) is 2.29. The number of benzene rings is 1. The smallest absolute Gasteiger partial charge is 0.255 e. The van der Waals surface area contributed by atoms with Crippen LogP contribution in [0.3, 0.4) is 0 Å². The zero-order valence-corrected chi connectivity index (χ0v) is 15.8. The summed E-state index contributed by atoms with van der Waals surface area (Å²) in [7, 11) is 0. The van der Waals surface area contributed by atoms with Crippen LogP contribution in [0.25, 0.3) is 0 Å². The van der Waals surface area contributed by atoms with E-state index in [1.807, 2.05) is 6.92 Å². The largest absolute Gasteiger partial charge is 0.486 e. The number of ether oxygens (including phenoxy) is 1. The molecular formula is C20H24FN3O4. The number of likely N-dealkylation sites (N-methyl/N-ethyl adjacent to an activating group) is 1. The number of hydrogen-bond acceptors (Lipinski definition) is 5. The van der Waals surface area contributed by atoms with E-state index in [1.165, 1.54) is 4.90 Å². The summed E-state index contributed by atoms with van der Waals surface area (Å²) in [6.07, 6.45) is -0.553. The van der Waals surface area contributed by atoms with Crippen molar-refractivity contribution in [3.63, 3.8) is 0 Å². The maximum Gasteiger partial charge on any atom is 0.255 e. The van der Waals surface area contributed by atoms with E-state index in [4.69, 9.17) is 4.74 Å². The fraction of sp³-hybridized carbons (Fsp3) is 0.550. The van der Waals surface area contributed by atoms with Gasteiger partial charge >= 0.3 is 0 Å². The van der Waals surface area contributed by atoms with Gasteiger partial charge in [0.15, 0.2) is 0 Å². The van der Waals surface area contributed by atoms with E-state index in [0.717, 1.165) is 18.7 Å². The molecule has 0 saturated carbocycles. The molecule has 0 bridgehead atoms. The Morgan fingerprint density at radius 2 is 2.07 bits per heavy atom. The van der Waals surface area contributed by atoms with Gasteiger partial charge in [-0.05, 0) is 43.1 Å². The standard InChI is InChI=1S/C20H24FN3O4/c1-2-23-8-7-15(21)17(11-23)28-13-3-4-14-12(9-13)10-24(20(14)27)16-5-6-18(25)22-19(16)26/h3-4,9,15-17H,2,5-8,10-11H2,1H3,(H,22,25,26)/t15-,16?,17+/m1/s1. The Balaban J connectivity index is 1.48. The number of imide groups is 1. The second-order valence-corrected chi connectivity index (χ2v) is 7.57. The zero-order chi connectivity index (χ0) is 19.8. The molecular weight excluding hydrogens is 365 g/mol. The topological polar surface area (TPSA) is 79.0 Å². The molecule has 3 atom stereocenters. The second kappa shape index (κ2) is 7.50. The van der Waals surface area contributed by atoms with Crippen LogP contribution >= 0.6 is 0 Å². The van der Waals surface area contributed by atoms with Crippen LogP contribution in [0.4, 0.5) is 4.39 Å². The van der Waals surface area contributed by atoms with Crippen molar-refractivity contribution in [1.29, 1.82) is 0 Å². The molecule has 3 aliphatic rings. The van der Waals surface area contributed by atoms with Crippen LogP contribution in [-0.2, 0) is 16.1 Å². The van der Waals surface area contributed by atoms with Crippen molar-refractivity contribution < 1.29 is 23.5 Å². The number of fused-ring (bicyclic) bond motifs is 1. The van der Waals surface area contributed by atoms with E-state index < -0.39 is 24.2 Å². The number of piperidine rings is 2. The van der Waals surface area contributed by atoms with Crippen molar-refractivity contribution in [2.45, 2.75) is 51.0 Å². The quantitative estimate of drug-likeness (QED) is 0.785. The van der Waals surface area contributed by atoms with E-state index in [2.05, 4.69) is 10.2 Å². The van der Waals surface area contributed by atoms with Gasteiger partial charge in [-0.1, -0.05) is 6.92 Å². The van der Waals surface area contributed by atoms with E-state index in [9.17, 15) is 18.8 Å². The van der Waals surface area contributed by atoms with Crippen LogP contribution in [0.5, 0.6) is 5.75 Å². The molecule has 150 valence electrons. The third-order valence-electron chi connectivity index (χ3n) is 5.79. The van der Waals surface area contributed by atoms with Gasteiger partial charge < -0.3 is 9.64 Å². The average Bonchev–Trinajstić information content (AvgIpc) is 2.99. The SMILES string of the molecule is CCN1CC[C@@H](F)[C@@H](Oc2ccc3c(c2)CN(C2CCC(=O)NC2=O)C3=O)C1. The number of nitrogens with zero attached hydrogens (tertiary/aromatic N) is 2. The predicted molar refractivity (Wildman–Crippen MR) is 98.5 cm³/mol. The number of nitrogens with one attached hydrogen (secondary N) is 1. The van der Waals surface area contributed by atoms with Crippen molar-refractivity contribution in [1.82, 2.24) is 15.1 Å². The van der Waals surface area contributed by atoms with E-state index in [0.29, 0.717) is 30.7 Å². The minimum atomic E-state index is -1.02. The highest BCUT2D eigenvalue weighted by Gasteiger charge is 2.39. The fourth-order valence-corrected chi connectivity index (χ4v) is 4.15. The van der Waals surface area contributed by atoms with Crippen molar-refractivity contribution in [3.8, 4) is 5.75 Å². The molecule has 0 aliphatic carbocycles. The van der Waals surface area contributed by atoms with Gasteiger partial charge in [-0.2, -0.15) is 0 Å². The van der Waals surface area contributed by atoms with Crippen LogP contribution in [0, 0.1) is 0 Å². The minimum absolute atomic E-state index is 0.221. The van der Waals surface area contributed by atoms with Crippen LogP contribution in [0.15, 0.2) is 18.2 Å². The Hall–Kier alpha value is -2.48. The maximum absolute atomic E-state index is 14.3. The Labute approximate surface area is 162 Å². The van der Waals surface area contributed by atoms with Gasteiger partial charge in [-0.25, -0.2) is 4.39 Å². The van der Waals surface area contributed by atoms with Crippen LogP contribution < -0.4 is 10.1 Å². The van der Waals surface area contributed by atoms with Gasteiger partial charge in [0.1, 0.15) is 24.1 Å². The maximum atomic E-state index is 14.3. The third kappa shape index (κ3) is 3.48. The molecule has 0 spiro atoms. The summed E-state index contributed by atoms with van der Waals surface area (Å²) in [5.74, 6) is -0.442. The molecule has 0 aromatic heterocycles. The summed E-state index contributed by atoms with van der Waals surface area (Å²) in [4.78, 5) is 39.8. The van der Waals surface area contributed by atoms with Gasteiger partial charge in [-0.15, -0.1) is 0 Å². The number of rotatable bonds is 4. The summed E-state index contributed by atoms with van der Waals surface area (Å²) in [6.45, 7) is 4.45. The average molecular weight is 389 g/mol. The van der Waals surface area contributed by atoms with Gasteiger partial charge in [0.05, 0.1) is 0 Å². The first-order valence-electron chi connectivity index (χ1n) is 9.77. The monoisotopic (exact) mass is 389 g/mol. The molecule has 3 amide bonds. The van der Waals surface area contributed by atoms with Crippen molar-refractivity contribution >= 4 is 17.7 Å². The van der Waals surface area contributed by atoms with Gasteiger partial charge in [-0.3, -0.25) is 24.6 Å². The van der Waals surface area contributed by atoms with Gasteiger partial charge in [0.25, 0.3) is 5.91 Å². The number of alkyl halides is 1. The summed E-state index contributed by atoms with van der Waals surface area (Å²) in [6, 6.07) is 4.47. The second-order valence-electron chi connectivity index (χ2n) is 7.57. The van der Waals surface area contributed by atoms with E-state index in [-0.39, 0.29) is 24.8 Å². The third-order valence-corrected chi connectivity index (χ3v) is 5.79. The highest BCUT2D eigenvalue weighted by atomic mass is 19.1. The van der Waals surface area contributed by atoms with Crippen molar-refractivity contribution in [2.24, 2.45) is 0 Å². The predicted octanol–water partition coefficient (Wildman–Crippen LogP) is 1.26. The first-order chi connectivity index (χ1) is 13.5. The lowest BCUT2D eigenvalue weighted by molar-refractivity contribution is -0.136. The number of carbonyl (C=O) groups is 3. The summed E-state index contributed by atoms with van der Waals surface area (Å²) < 4.78 is 20.2. The lowest BCUT2D eigenvalue weighted by Crippen LogP contribution is -2.52. The van der Waals surface area contributed by atoms with Gasteiger partial charge in [0.2, 0.25) is 11.8 Å². The number of likely N-dealkylation sites (tertiary alicyclic amines) is 1. The molecule has 7 nitrogen and oxygen atoms in total.